The summed E-state index contributed by atoms with van der Waals surface area (Å²) in [6, 6.07) is 3.88. The minimum absolute atomic E-state index is 0. The van der Waals surface area contributed by atoms with E-state index in [1.807, 2.05) is 0 Å². The molecule has 1 saturated carbocycles. The fourth-order valence-electron chi connectivity index (χ4n) is 1.67. The van der Waals surface area contributed by atoms with Crippen LogP contribution < -0.4 is 68.9 Å². The molecule has 0 saturated heterocycles. The van der Waals surface area contributed by atoms with Gasteiger partial charge in [0.25, 0.3) is 5.66 Å². The van der Waals surface area contributed by atoms with Crippen LogP contribution in [0.15, 0.2) is 22.7 Å². The molecule has 1 aliphatic carbocycles. The summed E-state index contributed by atoms with van der Waals surface area (Å²) in [7, 11) is -6.03. The van der Waals surface area contributed by atoms with Gasteiger partial charge in [0.2, 0.25) is 0 Å². The second-order valence-corrected chi connectivity index (χ2v) is 8.25. The SMILES string of the molecule is O=P([O-])([O-])C(F)(F)c1ccc(CSCC2CC2)cc1Br.[Na+].[Na+]. The van der Waals surface area contributed by atoms with Crippen LogP contribution >= 0.6 is 35.3 Å². The summed E-state index contributed by atoms with van der Waals surface area (Å²) in [6.45, 7) is 0. The van der Waals surface area contributed by atoms with Gasteiger partial charge < -0.3 is 14.4 Å². The Balaban J connectivity index is 0.00000220. The van der Waals surface area contributed by atoms with Crippen LogP contribution in [0.25, 0.3) is 0 Å². The number of hydrogen-bond donors (Lipinski definition) is 0. The first-order valence-electron chi connectivity index (χ1n) is 5.98. The summed E-state index contributed by atoms with van der Waals surface area (Å²) in [5.74, 6) is 2.50. The third kappa shape index (κ3) is 6.41. The summed E-state index contributed by atoms with van der Waals surface area (Å²) >= 11 is 4.64. The standard InChI is InChI=1S/C12H14BrF2O3PS.2Na/c13-11-5-9(7-20-6-8-1-2-8)3-4-10(11)12(14,15)19(16,17)18;;/h3-5,8H,1-2,6-7H2,(H2,16,17,18);;/q;2*+1/p-2. The molecule has 0 heterocycles. The zero-order chi connectivity index (χ0) is 15.0. The smallest absolute Gasteiger partial charge is 0.806 e. The van der Waals surface area contributed by atoms with Gasteiger partial charge in [0.05, 0.1) is 0 Å². The molecule has 10 heteroatoms. The van der Waals surface area contributed by atoms with E-state index in [1.54, 1.807) is 11.8 Å². The van der Waals surface area contributed by atoms with Crippen LogP contribution in [-0.2, 0) is 16.0 Å². The Morgan fingerprint density at radius 1 is 1.32 bits per heavy atom. The van der Waals surface area contributed by atoms with Crippen molar-refractivity contribution in [3.05, 3.63) is 33.8 Å². The number of alkyl halides is 2. The van der Waals surface area contributed by atoms with Gasteiger partial charge in [-0.1, -0.05) is 28.1 Å². The van der Waals surface area contributed by atoms with Crippen LogP contribution in [0.2, 0.25) is 0 Å². The monoisotopic (exact) mass is 430 g/mol. The first kappa shape index (κ1) is 24.1. The summed E-state index contributed by atoms with van der Waals surface area (Å²) in [5, 5.41) is 0. The maximum Gasteiger partial charge on any atom is 1.00 e. The molecule has 0 radical (unpaired) electrons. The molecule has 1 fully saturated rings. The van der Waals surface area contributed by atoms with Gasteiger partial charge in [-0.2, -0.15) is 20.5 Å². The van der Waals surface area contributed by atoms with Crippen LogP contribution in [0.5, 0.6) is 0 Å². The molecule has 0 aromatic heterocycles. The molecule has 1 aliphatic rings. The Labute approximate surface area is 185 Å². The van der Waals surface area contributed by atoms with Crippen LogP contribution in [0.4, 0.5) is 8.78 Å². The average Bonchev–Trinajstić information content (AvgIpc) is 3.11. The predicted molar refractivity (Wildman–Crippen MR) is 74.5 cm³/mol. The summed E-state index contributed by atoms with van der Waals surface area (Å²) in [5.41, 5.74) is -4.39. The predicted octanol–water partition coefficient (Wildman–Crippen LogP) is -2.94. The van der Waals surface area contributed by atoms with Crippen molar-refractivity contribution < 1.29 is 82.2 Å². The quantitative estimate of drug-likeness (QED) is 0.358. The minimum atomic E-state index is -6.03. The molecule has 0 spiro atoms. The van der Waals surface area contributed by atoms with Gasteiger partial charge in [0, 0.05) is 23.4 Å². The van der Waals surface area contributed by atoms with E-state index in [0.717, 1.165) is 23.3 Å². The fraction of sp³-hybridized carbons (Fsp3) is 0.500. The van der Waals surface area contributed by atoms with Crippen LogP contribution in [-0.4, -0.2) is 5.75 Å². The normalized spacial score (nSPS) is 15.0. The van der Waals surface area contributed by atoms with E-state index in [0.29, 0.717) is 5.75 Å². The zero-order valence-electron chi connectivity index (χ0n) is 12.4. The first-order valence-corrected chi connectivity index (χ1v) is 9.47. The van der Waals surface area contributed by atoms with Crippen molar-refractivity contribution in [2.45, 2.75) is 24.3 Å². The topological polar surface area (TPSA) is 63.2 Å². The molecule has 112 valence electrons. The molecule has 0 N–H and O–H groups in total. The molecule has 2 rings (SSSR count). The van der Waals surface area contributed by atoms with Gasteiger partial charge in [0.1, 0.15) is 0 Å². The van der Waals surface area contributed by atoms with Crippen molar-refractivity contribution in [2.75, 3.05) is 5.75 Å². The zero-order valence-corrected chi connectivity index (χ0v) is 19.6. The summed E-state index contributed by atoms with van der Waals surface area (Å²) in [4.78, 5) is 21.3. The summed E-state index contributed by atoms with van der Waals surface area (Å²) < 4.78 is 37.6. The molecular weight excluding hydrogens is 419 g/mol. The Morgan fingerprint density at radius 3 is 2.36 bits per heavy atom. The largest absolute Gasteiger partial charge is 1.00 e. The molecule has 0 aliphatic heterocycles. The second kappa shape index (κ2) is 9.67. The second-order valence-electron chi connectivity index (χ2n) is 4.81. The number of rotatable bonds is 6. The van der Waals surface area contributed by atoms with Crippen LogP contribution in [0.3, 0.4) is 0 Å². The number of halogens is 3. The average molecular weight is 431 g/mol. The Kier molecular flexibility index (Phi) is 10.6. The third-order valence-electron chi connectivity index (χ3n) is 3.02. The van der Waals surface area contributed by atoms with Gasteiger partial charge in [-0.15, -0.1) is 0 Å². The fourth-order valence-corrected chi connectivity index (χ4v) is 4.19. The van der Waals surface area contributed by atoms with Gasteiger partial charge in [-0.25, -0.2) is 0 Å². The molecule has 1 aromatic carbocycles. The van der Waals surface area contributed by atoms with E-state index in [2.05, 4.69) is 15.9 Å². The van der Waals surface area contributed by atoms with Crippen molar-refractivity contribution in [3.8, 4) is 0 Å². The number of benzene rings is 1. The Bertz CT molecular complexity index is 555. The molecule has 1 aromatic rings. The van der Waals surface area contributed by atoms with Gasteiger partial charge >= 0.3 is 59.1 Å². The van der Waals surface area contributed by atoms with E-state index in [-0.39, 0.29) is 63.6 Å². The van der Waals surface area contributed by atoms with E-state index in [9.17, 15) is 23.1 Å². The number of thioether (sulfide) groups is 1. The van der Waals surface area contributed by atoms with E-state index in [1.165, 1.54) is 25.0 Å². The third-order valence-corrected chi connectivity index (χ3v) is 5.85. The minimum Gasteiger partial charge on any atom is -0.806 e. The van der Waals surface area contributed by atoms with Gasteiger partial charge in [-0.05, 0) is 36.1 Å². The molecule has 0 unspecified atom stereocenters. The van der Waals surface area contributed by atoms with Gasteiger partial charge in [0.15, 0.2) is 0 Å². The van der Waals surface area contributed by atoms with E-state index >= 15 is 0 Å². The first-order chi connectivity index (χ1) is 9.22. The molecule has 0 bridgehead atoms. The molecule has 3 nitrogen and oxygen atoms in total. The van der Waals surface area contributed by atoms with E-state index in [4.69, 9.17) is 0 Å². The van der Waals surface area contributed by atoms with Crippen LogP contribution in [0, 0.1) is 5.92 Å². The Morgan fingerprint density at radius 2 is 1.91 bits per heavy atom. The van der Waals surface area contributed by atoms with Crippen molar-refractivity contribution in [1.82, 2.24) is 0 Å². The number of hydrogen-bond acceptors (Lipinski definition) is 4. The maximum atomic E-state index is 13.5. The molecular formula is C12H12BrF2Na2O3PS. The molecule has 0 atom stereocenters. The van der Waals surface area contributed by atoms with Crippen molar-refractivity contribution in [2.24, 2.45) is 5.92 Å². The van der Waals surface area contributed by atoms with Crippen LogP contribution in [0.1, 0.15) is 24.0 Å². The van der Waals surface area contributed by atoms with Crippen molar-refractivity contribution >= 4 is 35.3 Å². The molecule has 22 heavy (non-hydrogen) atoms. The van der Waals surface area contributed by atoms with Crippen molar-refractivity contribution in [3.63, 3.8) is 0 Å². The maximum absolute atomic E-state index is 13.5. The summed E-state index contributed by atoms with van der Waals surface area (Å²) in [6.07, 6.45) is 2.51. The van der Waals surface area contributed by atoms with Gasteiger partial charge in [-0.3, -0.25) is 0 Å². The molecule has 0 amide bonds. The van der Waals surface area contributed by atoms with E-state index < -0.39 is 18.8 Å². The Hall–Kier alpha value is 2.06. The van der Waals surface area contributed by atoms with Crippen molar-refractivity contribution in [1.29, 1.82) is 0 Å².